The summed E-state index contributed by atoms with van der Waals surface area (Å²) in [6, 6.07) is 0. The second-order valence-electron chi connectivity index (χ2n) is 6.43. The van der Waals surface area contributed by atoms with E-state index in [0.29, 0.717) is 5.78 Å². The van der Waals surface area contributed by atoms with Crippen molar-refractivity contribution in [1.29, 1.82) is 0 Å². The van der Waals surface area contributed by atoms with Gasteiger partial charge in [-0.05, 0) is 36.5 Å². The second kappa shape index (κ2) is 2.39. The molecule has 3 fully saturated rings. The molecule has 3 aliphatic carbocycles. The minimum absolute atomic E-state index is 0.0868. The van der Waals surface area contributed by atoms with E-state index in [9.17, 15) is 4.79 Å². The third-order valence-corrected chi connectivity index (χ3v) is 5.80. The third-order valence-electron chi connectivity index (χ3n) is 5.80. The highest BCUT2D eigenvalue weighted by atomic mass is 16.1. The monoisotopic (exact) mass is 204 g/mol. The number of ketones is 1. The van der Waals surface area contributed by atoms with E-state index in [1.807, 2.05) is 0 Å². The molecule has 0 unspecified atom stereocenters. The van der Waals surface area contributed by atoms with Crippen LogP contribution in [-0.2, 0) is 4.79 Å². The molecule has 0 N–H and O–H groups in total. The molecule has 0 aromatic heterocycles. The lowest BCUT2D eigenvalue weighted by Crippen LogP contribution is -2.39. The summed E-state index contributed by atoms with van der Waals surface area (Å²) in [5.74, 6) is 0.507. The van der Waals surface area contributed by atoms with E-state index in [1.54, 1.807) is 0 Å². The fourth-order valence-electron chi connectivity index (χ4n) is 5.12. The first-order chi connectivity index (χ1) is 6.96. The Morgan fingerprint density at radius 2 is 1.93 bits per heavy atom. The van der Waals surface area contributed by atoms with Gasteiger partial charge in [0.2, 0.25) is 0 Å². The van der Waals surface area contributed by atoms with E-state index in [4.69, 9.17) is 0 Å². The Labute approximate surface area is 91.9 Å². The standard InChI is InChI=1S/C14H20O/c1-10-5-8-13-6-4-7-14(10,13)11(15)9-12(13,2)3/h1,4-9H2,2-3H3/t13-,14-/m0/s1. The number of hydrogen-bond acceptors (Lipinski definition) is 1. The van der Waals surface area contributed by atoms with Gasteiger partial charge in [0, 0.05) is 6.42 Å². The van der Waals surface area contributed by atoms with E-state index >= 15 is 0 Å². The number of Topliss-reactive ketones (excluding diaryl/α,β-unsaturated/α-hetero) is 1. The summed E-state index contributed by atoms with van der Waals surface area (Å²) in [4.78, 5) is 12.4. The predicted molar refractivity (Wildman–Crippen MR) is 60.5 cm³/mol. The third kappa shape index (κ3) is 0.745. The van der Waals surface area contributed by atoms with Crippen LogP contribution in [0.1, 0.15) is 52.4 Å². The Kier molecular flexibility index (Phi) is 1.53. The van der Waals surface area contributed by atoms with Gasteiger partial charge in [-0.25, -0.2) is 0 Å². The Balaban J connectivity index is 2.26. The fraction of sp³-hybridized carbons (Fsp3) is 0.786. The molecule has 3 aliphatic rings. The van der Waals surface area contributed by atoms with Crippen LogP contribution in [0.2, 0.25) is 0 Å². The maximum absolute atomic E-state index is 12.4. The van der Waals surface area contributed by atoms with Gasteiger partial charge in [-0.3, -0.25) is 4.79 Å². The van der Waals surface area contributed by atoms with Crippen LogP contribution in [0.5, 0.6) is 0 Å². The molecule has 0 aromatic rings. The van der Waals surface area contributed by atoms with E-state index in [1.165, 1.54) is 24.8 Å². The van der Waals surface area contributed by atoms with Crippen LogP contribution in [0.4, 0.5) is 0 Å². The SMILES string of the molecule is C=C1CC[C@]23CCC[C@@]12C(=O)CC3(C)C. The molecule has 1 heteroatoms. The molecule has 82 valence electrons. The highest BCUT2D eigenvalue weighted by Gasteiger charge is 2.72. The van der Waals surface area contributed by atoms with E-state index in [2.05, 4.69) is 20.4 Å². The zero-order chi connectivity index (χ0) is 10.9. The summed E-state index contributed by atoms with van der Waals surface area (Å²) < 4.78 is 0. The van der Waals surface area contributed by atoms with Crippen LogP contribution in [-0.4, -0.2) is 5.78 Å². The normalized spacial score (nSPS) is 47.1. The lowest BCUT2D eigenvalue weighted by atomic mass is 9.60. The highest BCUT2D eigenvalue weighted by molar-refractivity contribution is 5.93. The summed E-state index contributed by atoms with van der Waals surface area (Å²) in [6.07, 6.45) is 6.67. The summed E-state index contributed by atoms with van der Waals surface area (Å²) >= 11 is 0. The molecule has 3 saturated carbocycles. The number of carbonyl (C=O) groups is 1. The van der Waals surface area contributed by atoms with Crippen molar-refractivity contribution in [3.05, 3.63) is 12.2 Å². The van der Waals surface area contributed by atoms with Gasteiger partial charge >= 0.3 is 0 Å². The van der Waals surface area contributed by atoms with Crippen LogP contribution in [0.3, 0.4) is 0 Å². The van der Waals surface area contributed by atoms with Gasteiger partial charge in [0.15, 0.2) is 0 Å². The first-order valence-corrected chi connectivity index (χ1v) is 6.18. The van der Waals surface area contributed by atoms with E-state index in [0.717, 1.165) is 19.3 Å². The maximum Gasteiger partial charge on any atom is 0.144 e. The van der Waals surface area contributed by atoms with Crippen molar-refractivity contribution < 1.29 is 4.79 Å². The Morgan fingerprint density at radius 1 is 1.20 bits per heavy atom. The Morgan fingerprint density at radius 3 is 2.60 bits per heavy atom. The molecule has 0 bridgehead atoms. The summed E-state index contributed by atoms with van der Waals surface area (Å²) in [7, 11) is 0. The molecule has 3 rings (SSSR count). The minimum Gasteiger partial charge on any atom is -0.299 e. The van der Waals surface area contributed by atoms with Crippen molar-refractivity contribution in [2.45, 2.75) is 52.4 Å². The molecule has 2 atom stereocenters. The molecule has 1 nitrogen and oxygen atoms in total. The van der Waals surface area contributed by atoms with Crippen molar-refractivity contribution in [2.24, 2.45) is 16.2 Å². The van der Waals surface area contributed by atoms with Gasteiger partial charge < -0.3 is 0 Å². The molecule has 0 heterocycles. The van der Waals surface area contributed by atoms with Crippen molar-refractivity contribution in [2.75, 3.05) is 0 Å². The van der Waals surface area contributed by atoms with Gasteiger partial charge in [-0.1, -0.05) is 32.4 Å². The molecular formula is C14H20O. The Hall–Kier alpha value is -0.590. The van der Waals surface area contributed by atoms with Crippen LogP contribution in [0, 0.1) is 16.2 Å². The molecular weight excluding hydrogens is 184 g/mol. The molecule has 0 aliphatic heterocycles. The van der Waals surface area contributed by atoms with Gasteiger partial charge in [0.1, 0.15) is 5.78 Å². The molecule has 0 radical (unpaired) electrons. The Bertz CT molecular complexity index is 366. The largest absolute Gasteiger partial charge is 0.299 e. The summed E-state index contributed by atoms with van der Waals surface area (Å²) in [5.41, 5.74) is 1.67. The van der Waals surface area contributed by atoms with E-state index < -0.39 is 0 Å². The second-order valence-corrected chi connectivity index (χ2v) is 6.43. The average molecular weight is 204 g/mol. The number of carbonyl (C=O) groups excluding carboxylic acids is 1. The van der Waals surface area contributed by atoms with Crippen molar-refractivity contribution in [3.63, 3.8) is 0 Å². The lowest BCUT2D eigenvalue weighted by molar-refractivity contribution is -0.125. The summed E-state index contributed by atoms with van der Waals surface area (Å²) in [5, 5.41) is 0. The first-order valence-electron chi connectivity index (χ1n) is 6.18. The topological polar surface area (TPSA) is 17.1 Å². The van der Waals surface area contributed by atoms with Crippen molar-refractivity contribution in [1.82, 2.24) is 0 Å². The van der Waals surface area contributed by atoms with Crippen LogP contribution in [0.25, 0.3) is 0 Å². The first kappa shape index (κ1) is 9.62. The number of allylic oxidation sites excluding steroid dienone is 1. The molecule has 0 spiro atoms. The van der Waals surface area contributed by atoms with Gasteiger partial charge in [0.05, 0.1) is 5.41 Å². The average Bonchev–Trinajstić information content (AvgIpc) is 2.68. The van der Waals surface area contributed by atoms with Gasteiger partial charge in [-0.2, -0.15) is 0 Å². The molecule has 15 heavy (non-hydrogen) atoms. The number of rotatable bonds is 0. The quantitative estimate of drug-likeness (QED) is 0.552. The molecule has 0 saturated heterocycles. The molecule has 0 amide bonds. The molecule has 0 aromatic carbocycles. The summed E-state index contributed by atoms with van der Waals surface area (Å²) in [6.45, 7) is 8.82. The predicted octanol–water partition coefficient (Wildman–Crippen LogP) is 3.49. The van der Waals surface area contributed by atoms with Crippen molar-refractivity contribution in [3.8, 4) is 0 Å². The minimum atomic E-state index is -0.0868. The smallest absolute Gasteiger partial charge is 0.144 e. The highest BCUT2D eigenvalue weighted by Crippen LogP contribution is 2.76. The van der Waals surface area contributed by atoms with Crippen LogP contribution in [0.15, 0.2) is 12.2 Å². The van der Waals surface area contributed by atoms with Gasteiger partial charge in [-0.15, -0.1) is 0 Å². The zero-order valence-corrected chi connectivity index (χ0v) is 9.86. The van der Waals surface area contributed by atoms with Crippen LogP contribution >= 0.6 is 0 Å². The lowest BCUT2D eigenvalue weighted by Gasteiger charge is -2.42. The fourth-order valence-corrected chi connectivity index (χ4v) is 5.12. The van der Waals surface area contributed by atoms with Crippen LogP contribution < -0.4 is 0 Å². The zero-order valence-electron chi connectivity index (χ0n) is 9.86. The number of hydrogen-bond donors (Lipinski definition) is 0. The van der Waals surface area contributed by atoms with E-state index in [-0.39, 0.29) is 16.2 Å². The van der Waals surface area contributed by atoms with Gasteiger partial charge in [0.25, 0.3) is 0 Å². The maximum atomic E-state index is 12.4. The van der Waals surface area contributed by atoms with Crippen molar-refractivity contribution >= 4 is 5.78 Å².